The number of carbonyl (C=O) groups excluding carboxylic acids is 2. The van der Waals surface area contributed by atoms with Crippen LogP contribution in [0.5, 0.6) is 5.75 Å². The van der Waals surface area contributed by atoms with Crippen molar-refractivity contribution >= 4 is 23.5 Å². The molecule has 1 atom stereocenters. The molecule has 0 spiro atoms. The minimum absolute atomic E-state index is 0.0141. The Kier molecular flexibility index (Phi) is 7.35. The van der Waals surface area contributed by atoms with Crippen LogP contribution in [0.2, 0.25) is 5.02 Å². The number of fused-ring (bicyclic) bond motifs is 3. The average Bonchev–Trinajstić information content (AvgIpc) is 3.20. The number of aryl methyl sites for hydroxylation is 1. The molecule has 1 amide bonds. The Labute approximate surface area is 207 Å². The molecule has 5 rings (SSSR count). The first-order valence-electron chi connectivity index (χ1n) is 11.6. The summed E-state index contributed by atoms with van der Waals surface area (Å²) in [4.78, 5) is 24.5. The number of rotatable bonds is 9. The molecule has 0 unspecified atom stereocenters. The van der Waals surface area contributed by atoms with Crippen LogP contribution in [0.3, 0.4) is 0 Å². The Morgan fingerprint density at radius 1 is 1.29 bits per heavy atom. The number of amides is 1. The molecule has 2 bridgehead atoms. The van der Waals surface area contributed by atoms with E-state index < -0.39 is 29.0 Å². The lowest BCUT2D eigenvalue weighted by atomic mass is 9.60. The topological polar surface area (TPSA) is 115 Å². The molecule has 1 heterocycles. The lowest BCUT2D eigenvalue weighted by Crippen LogP contribution is -2.69. The van der Waals surface area contributed by atoms with E-state index in [1.165, 1.54) is 19.2 Å². The van der Waals surface area contributed by atoms with Gasteiger partial charge in [0.1, 0.15) is 17.3 Å². The summed E-state index contributed by atoms with van der Waals surface area (Å²) in [5, 5.41) is 21.9. The summed E-state index contributed by atoms with van der Waals surface area (Å²) in [5.41, 5.74) is 0.176. The van der Waals surface area contributed by atoms with Crippen molar-refractivity contribution in [1.29, 1.82) is 0 Å². The van der Waals surface area contributed by atoms with E-state index in [0.29, 0.717) is 50.9 Å². The molecule has 3 aliphatic carbocycles. The van der Waals surface area contributed by atoms with Crippen molar-refractivity contribution in [2.24, 2.45) is 0 Å². The maximum atomic E-state index is 13.6. The highest BCUT2D eigenvalue weighted by Crippen LogP contribution is 2.47. The van der Waals surface area contributed by atoms with Crippen molar-refractivity contribution in [3.8, 4) is 5.75 Å². The zero-order valence-corrected chi connectivity index (χ0v) is 20.5. The van der Waals surface area contributed by atoms with Crippen LogP contribution >= 0.6 is 11.6 Å². The van der Waals surface area contributed by atoms with Crippen LogP contribution in [0.1, 0.15) is 48.3 Å². The SMILES string of the molecule is COC(=O)c1cc(C)nn1CCNC12CCC(NC(=O)COc3ccc(Cl)c(F)c3)(CC1)C[C@@H]2O. The molecular formula is C24H30ClFN4O5. The molecule has 11 heteroatoms. The van der Waals surface area contributed by atoms with Gasteiger partial charge < -0.3 is 25.2 Å². The highest BCUT2D eigenvalue weighted by atomic mass is 35.5. The van der Waals surface area contributed by atoms with Gasteiger partial charge in [-0.15, -0.1) is 0 Å². The normalized spacial score (nSPS) is 25.3. The van der Waals surface area contributed by atoms with Gasteiger partial charge in [0, 0.05) is 23.7 Å². The number of aliphatic hydroxyl groups excluding tert-OH is 1. The number of ether oxygens (including phenoxy) is 2. The molecule has 0 radical (unpaired) electrons. The second kappa shape index (κ2) is 10.1. The fourth-order valence-electron chi connectivity index (χ4n) is 5.19. The van der Waals surface area contributed by atoms with E-state index in [4.69, 9.17) is 21.1 Å². The van der Waals surface area contributed by atoms with E-state index in [1.54, 1.807) is 10.7 Å². The Hall–Kier alpha value is -2.69. The maximum absolute atomic E-state index is 13.6. The van der Waals surface area contributed by atoms with E-state index in [1.807, 2.05) is 6.92 Å². The molecule has 0 saturated heterocycles. The predicted octanol–water partition coefficient (Wildman–Crippen LogP) is 2.37. The summed E-state index contributed by atoms with van der Waals surface area (Å²) in [6, 6.07) is 5.69. The fraction of sp³-hybridized carbons (Fsp3) is 0.542. The number of hydrogen-bond acceptors (Lipinski definition) is 7. The lowest BCUT2D eigenvalue weighted by Gasteiger charge is -2.56. The smallest absolute Gasteiger partial charge is 0.356 e. The van der Waals surface area contributed by atoms with Crippen LogP contribution in [-0.4, -0.2) is 64.2 Å². The number of carbonyl (C=O) groups is 2. The average molecular weight is 509 g/mol. The number of nitrogens with one attached hydrogen (secondary N) is 2. The minimum atomic E-state index is -0.643. The first-order chi connectivity index (χ1) is 16.7. The second-order valence-electron chi connectivity index (χ2n) is 9.38. The summed E-state index contributed by atoms with van der Waals surface area (Å²) in [5.74, 6) is -1.15. The zero-order chi connectivity index (χ0) is 25.2. The fourth-order valence-corrected chi connectivity index (χ4v) is 5.31. The molecule has 190 valence electrons. The molecule has 3 fully saturated rings. The van der Waals surface area contributed by atoms with Crippen molar-refractivity contribution in [2.45, 2.75) is 62.8 Å². The molecule has 1 aromatic carbocycles. The second-order valence-corrected chi connectivity index (χ2v) is 9.79. The van der Waals surface area contributed by atoms with Gasteiger partial charge in [-0.2, -0.15) is 5.10 Å². The molecule has 9 nitrogen and oxygen atoms in total. The predicted molar refractivity (Wildman–Crippen MR) is 126 cm³/mol. The molecule has 0 aliphatic heterocycles. The number of hydrogen-bond donors (Lipinski definition) is 3. The number of benzene rings is 1. The zero-order valence-electron chi connectivity index (χ0n) is 19.8. The van der Waals surface area contributed by atoms with Gasteiger partial charge in [0.05, 0.1) is 30.5 Å². The number of aromatic nitrogens is 2. The van der Waals surface area contributed by atoms with E-state index in [-0.39, 0.29) is 23.3 Å². The van der Waals surface area contributed by atoms with Gasteiger partial charge in [-0.05, 0) is 57.2 Å². The Morgan fingerprint density at radius 3 is 2.69 bits per heavy atom. The van der Waals surface area contributed by atoms with E-state index in [9.17, 15) is 19.1 Å². The van der Waals surface area contributed by atoms with Crippen LogP contribution < -0.4 is 15.4 Å². The lowest BCUT2D eigenvalue weighted by molar-refractivity contribution is -0.129. The van der Waals surface area contributed by atoms with Crippen molar-refractivity contribution in [2.75, 3.05) is 20.3 Å². The first-order valence-corrected chi connectivity index (χ1v) is 12.0. The molecular weight excluding hydrogens is 479 g/mol. The van der Waals surface area contributed by atoms with E-state index >= 15 is 0 Å². The summed E-state index contributed by atoms with van der Waals surface area (Å²) in [6.07, 6.45) is 2.60. The quantitative estimate of drug-likeness (QED) is 0.445. The maximum Gasteiger partial charge on any atom is 0.356 e. The van der Waals surface area contributed by atoms with Crippen molar-refractivity contribution < 1.29 is 28.6 Å². The third-order valence-electron chi connectivity index (χ3n) is 7.08. The monoisotopic (exact) mass is 508 g/mol. The molecule has 2 aromatic rings. The van der Waals surface area contributed by atoms with Crippen molar-refractivity contribution in [1.82, 2.24) is 20.4 Å². The van der Waals surface area contributed by atoms with Crippen LogP contribution in [0.25, 0.3) is 0 Å². The van der Waals surface area contributed by atoms with Gasteiger partial charge >= 0.3 is 5.97 Å². The van der Waals surface area contributed by atoms with Crippen LogP contribution in [0, 0.1) is 12.7 Å². The summed E-state index contributed by atoms with van der Waals surface area (Å²) >= 11 is 5.67. The van der Waals surface area contributed by atoms with Gasteiger partial charge in [-0.25, -0.2) is 9.18 Å². The van der Waals surface area contributed by atoms with Gasteiger partial charge in [-0.3, -0.25) is 9.48 Å². The molecule has 35 heavy (non-hydrogen) atoms. The van der Waals surface area contributed by atoms with Crippen molar-refractivity contribution in [3.63, 3.8) is 0 Å². The standard InChI is InChI=1S/C24H30ClFN4O5/c1-15-11-19(22(33)34-2)30(29-15)10-9-27-24-7-5-23(6-8-24,13-20(24)31)28-21(32)14-35-16-3-4-17(25)18(26)12-16/h3-4,11-12,20,27,31H,5-10,13-14H2,1-2H3,(H,28,32)/t20-,23?,24?/m0/s1. The number of esters is 1. The van der Waals surface area contributed by atoms with Gasteiger partial charge in [0.2, 0.25) is 0 Å². The molecule has 1 aromatic heterocycles. The van der Waals surface area contributed by atoms with Gasteiger partial charge in [0.25, 0.3) is 5.91 Å². The van der Waals surface area contributed by atoms with Gasteiger partial charge in [0.15, 0.2) is 6.61 Å². The van der Waals surface area contributed by atoms with Gasteiger partial charge in [-0.1, -0.05) is 11.6 Å². The third-order valence-corrected chi connectivity index (χ3v) is 7.39. The highest BCUT2D eigenvalue weighted by molar-refractivity contribution is 6.30. The van der Waals surface area contributed by atoms with Crippen molar-refractivity contribution in [3.05, 3.63) is 46.5 Å². The Bertz CT molecular complexity index is 1100. The molecule has 3 saturated carbocycles. The van der Waals surface area contributed by atoms with Crippen LogP contribution in [0.15, 0.2) is 24.3 Å². The first kappa shape index (κ1) is 25.4. The third kappa shape index (κ3) is 5.44. The Balaban J connectivity index is 1.29. The largest absolute Gasteiger partial charge is 0.484 e. The number of halogens is 2. The number of nitrogens with zero attached hydrogens (tertiary/aromatic N) is 2. The Morgan fingerprint density at radius 2 is 2.03 bits per heavy atom. The van der Waals surface area contributed by atoms with Crippen LogP contribution in [-0.2, 0) is 16.1 Å². The molecule has 3 N–H and O–H groups in total. The minimum Gasteiger partial charge on any atom is -0.484 e. The number of methoxy groups -OCH3 is 1. The summed E-state index contributed by atoms with van der Waals surface area (Å²) < 4.78 is 25.4. The molecule has 3 aliphatic rings. The summed E-state index contributed by atoms with van der Waals surface area (Å²) in [6.45, 7) is 2.53. The number of aliphatic hydroxyl groups is 1. The van der Waals surface area contributed by atoms with Crippen LogP contribution in [0.4, 0.5) is 4.39 Å². The van der Waals surface area contributed by atoms with E-state index in [2.05, 4.69) is 15.7 Å². The highest BCUT2D eigenvalue weighted by Gasteiger charge is 2.54. The van der Waals surface area contributed by atoms with E-state index in [0.717, 1.165) is 11.8 Å². The summed E-state index contributed by atoms with van der Waals surface area (Å²) in [7, 11) is 1.33.